The van der Waals surface area contributed by atoms with E-state index in [9.17, 15) is 0 Å². The van der Waals surface area contributed by atoms with Gasteiger partial charge in [0.15, 0.2) is 5.82 Å². The van der Waals surface area contributed by atoms with Crippen molar-refractivity contribution >= 4 is 131 Å². The molecule has 0 radical (unpaired) electrons. The van der Waals surface area contributed by atoms with Crippen LogP contribution in [0, 0.1) is 0 Å². The van der Waals surface area contributed by atoms with Crippen LogP contribution in [0.1, 0.15) is 0 Å². The van der Waals surface area contributed by atoms with Gasteiger partial charge in [0.05, 0.1) is 60.6 Å². The van der Waals surface area contributed by atoms with Gasteiger partial charge in [0, 0.05) is 82.2 Å². The number of benzene rings is 12. The van der Waals surface area contributed by atoms with Gasteiger partial charge in [-0.3, -0.25) is 0 Å². The Balaban J connectivity index is 0.792. The van der Waals surface area contributed by atoms with Crippen molar-refractivity contribution < 1.29 is 13.3 Å². The van der Waals surface area contributed by atoms with Crippen LogP contribution in [-0.2, 0) is 0 Å². The average Bonchev–Trinajstić information content (AvgIpc) is 2.04. The second-order valence-electron chi connectivity index (χ2n) is 22.0. The molecule has 19 rings (SSSR count). The minimum Gasteiger partial charge on any atom is -0.455 e. The lowest BCUT2D eigenvalue weighted by atomic mass is 10.0. The van der Waals surface area contributed by atoms with Crippen molar-refractivity contribution in [3.8, 4) is 51.0 Å². The summed E-state index contributed by atoms with van der Waals surface area (Å²) in [5.74, 6) is 0.612. The van der Waals surface area contributed by atoms with E-state index in [0.29, 0.717) is 5.82 Å². The van der Waals surface area contributed by atoms with Gasteiger partial charge in [-0.05, 0) is 115 Å². The molecule has 0 unspecified atom stereocenters. The summed E-state index contributed by atoms with van der Waals surface area (Å²) in [6.45, 7) is 0. The monoisotopic (exact) mass is 1070 g/mol. The van der Waals surface area contributed by atoms with E-state index in [1.807, 2.05) is 36.4 Å². The number of hydrogen-bond donors (Lipinski definition) is 0. The molecule has 0 aliphatic carbocycles. The lowest BCUT2D eigenvalue weighted by Crippen LogP contribution is -1.99. The Bertz CT molecular complexity index is 5750. The van der Waals surface area contributed by atoms with Crippen LogP contribution in [0.3, 0.4) is 0 Å². The van der Waals surface area contributed by atoms with Gasteiger partial charge in [0.2, 0.25) is 0 Å². The molecule has 0 saturated heterocycles. The van der Waals surface area contributed by atoms with Crippen molar-refractivity contribution in [3.63, 3.8) is 0 Å². The summed E-state index contributed by atoms with van der Waals surface area (Å²) in [6, 6.07) is 92.3. The number of hydrogen-bond acceptors (Lipinski definition) is 5. The van der Waals surface area contributed by atoms with Gasteiger partial charge in [-0.2, -0.15) is 0 Å². The van der Waals surface area contributed by atoms with Crippen LogP contribution in [0.15, 0.2) is 274 Å². The highest BCUT2D eigenvalue weighted by atomic mass is 16.3. The molecule has 0 aliphatic heterocycles. The Morgan fingerprint density at radius 1 is 0.238 bits per heavy atom. The van der Waals surface area contributed by atoms with Crippen molar-refractivity contribution in [3.05, 3.63) is 261 Å². The lowest BCUT2D eigenvalue weighted by molar-refractivity contribution is 0.672. The number of para-hydroxylation sites is 6. The van der Waals surface area contributed by atoms with Gasteiger partial charge in [0.25, 0.3) is 0 Å². The fourth-order valence-electron chi connectivity index (χ4n) is 13.8. The molecule has 7 aromatic heterocycles. The standard InChI is InChI=1S/C76H43N5O3/c1-7-25-61-56(22-1)70-64(38-35-53-50-19-4-10-28-67(50)82-73(53)70)79(61)47-33-31-44(32-34-47)59-43-60(45-15-13-17-48(41-45)80-62-26-8-2-23-57(62)71-65(80)39-36-54-51-20-5-11-29-68(51)83-74(54)71)78-76(77-59)46-16-14-18-49(42-46)81-63-27-9-3-24-58(63)72-66(81)40-37-55-52-21-6-12-30-69(52)84-75(55)72/h1-43H. The van der Waals surface area contributed by atoms with E-state index in [4.69, 9.17) is 23.2 Å². The van der Waals surface area contributed by atoms with Crippen molar-refractivity contribution in [2.45, 2.75) is 0 Å². The number of fused-ring (bicyclic) bond motifs is 21. The summed E-state index contributed by atoms with van der Waals surface area (Å²) in [6.07, 6.45) is 0. The highest BCUT2D eigenvalue weighted by Crippen LogP contribution is 2.45. The zero-order valence-corrected chi connectivity index (χ0v) is 44.8. The second kappa shape index (κ2) is 17.0. The molecule has 0 fully saturated rings. The van der Waals surface area contributed by atoms with Crippen molar-refractivity contribution in [2.75, 3.05) is 0 Å². The molecular weight excluding hydrogens is 1030 g/mol. The first-order valence-corrected chi connectivity index (χ1v) is 28.4. The van der Waals surface area contributed by atoms with Crippen LogP contribution >= 0.6 is 0 Å². The third-order valence-corrected chi connectivity index (χ3v) is 17.5. The van der Waals surface area contributed by atoms with E-state index in [0.717, 1.165) is 176 Å². The van der Waals surface area contributed by atoms with Crippen LogP contribution in [0.25, 0.3) is 182 Å². The minimum atomic E-state index is 0.612. The lowest BCUT2D eigenvalue weighted by Gasteiger charge is -2.14. The highest BCUT2D eigenvalue weighted by Gasteiger charge is 2.23. The predicted molar refractivity (Wildman–Crippen MR) is 343 cm³/mol. The molecule has 0 atom stereocenters. The average molecular weight is 1070 g/mol. The molecule has 0 N–H and O–H groups in total. The molecule has 84 heavy (non-hydrogen) atoms. The van der Waals surface area contributed by atoms with E-state index < -0.39 is 0 Å². The van der Waals surface area contributed by atoms with Gasteiger partial charge >= 0.3 is 0 Å². The zero-order valence-electron chi connectivity index (χ0n) is 44.8. The summed E-state index contributed by atoms with van der Waals surface area (Å²) < 4.78 is 27.0. The molecule has 7 heterocycles. The van der Waals surface area contributed by atoms with E-state index in [2.05, 4.69) is 238 Å². The summed E-state index contributed by atoms with van der Waals surface area (Å²) in [4.78, 5) is 11.0. The predicted octanol–water partition coefficient (Wildman–Crippen LogP) is 20.5. The summed E-state index contributed by atoms with van der Waals surface area (Å²) in [7, 11) is 0. The molecule has 12 aromatic carbocycles. The molecule has 8 nitrogen and oxygen atoms in total. The first-order valence-electron chi connectivity index (χ1n) is 28.4. The van der Waals surface area contributed by atoms with E-state index in [1.54, 1.807) is 0 Å². The van der Waals surface area contributed by atoms with Crippen molar-refractivity contribution in [1.82, 2.24) is 23.7 Å². The molecule has 0 amide bonds. The van der Waals surface area contributed by atoms with Crippen molar-refractivity contribution in [2.24, 2.45) is 0 Å². The maximum absolute atomic E-state index is 6.68. The maximum Gasteiger partial charge on any atom is 0.160 e. The van der Waals surface area contributed by atoms with Gasteiger partial charge in [-0.25, -0.2) is 9.97 Å². The number of aromatic nitrogens is 5. The molecule has 390 valence electrons. The Kier molecular flexibility index (Phi) is 9.18. The summed E-state index contributed by atoms with van der Waals surface area (Å²) in [5.41, 5.74) is 19.3. The third-order valence-electron chi connectivity index (χ3n) is 17.5. The Hall–Kier alpha value is -11.5. The SMILES string of the molecule is c1cc(-c2cc(-c3ccc(-n4c5ccccc5c5c6oc7ccccc7c6ccc54)cc3)nc(-c3cccc(-n4c5ccccc5c5c6oc7ccccc7c6ccc54)c3)n2)cc(-n2c3ccccc3c3c4oc5ccccc5c4ccc32)c1. The minimum absolute atomic E-state index is 0.612. The molecule has 0 aliphatic rings. The Morgan fingerprint density at radius 2 is 0.607 bits per heavy atom. The third kappa shape index (κ3) is 6.36. The Morgan fingerprint density at radius 3 is 1.06 bits per heavy atom. The van der Waals surface area contributed by atoms with E-state index in [-0.39, 0.29) is 0 Å². The largest absolute Gasteiger partial charge is 0.455 e. The first kappa shape index (κ1) is 45.3. The van der Waals surface area contributed by atoms with Gasteiger partial charge in [-0.1, -0.05) is 146 Å². The second-order valence-corrected chi connectivity index (χ2v) is 22.0. The smallest absolute Gasteiger partial charge is 0.160 e. The van der Waals surface area contributed by atoms with Crippen LogP contribution in [0.2, 0.25) is 0 Å². The summed E-state index contributed by atoms with van der Waals surface area (Å²) in [5, 5.41) is 13.3. The van der Waals surface area contributed by atoms with E-state index >= 15 is 0 Å². The molecule has 19 aromatic rings. The zero-order chi connectivity index (χ0) is 54.7. The molecule has 0 spiro atoms. The number of rotatable bonds is 6. The highest BCUT2D eigenvalue weighted by molar-refractivity contribution is 6.26. The normalized spacial score (nSPS) is 12.3. The first-order chi connectivity index (χ1) is 41.6. The van der Waals surface area contributed by atoms with Crippen molar-refractivity contribution in [1.29, 1.82) is 0 Å². The molecule has 0 bridgehead atoms. The molecule has 0 saturated carbocycles. The maximum atomic E-state index is 6.68. The van der Waals surface area contributed by atoms with Gasteiger partial charge < -0.3 is 27.0 Å². The fraction of sp³-hybridized carbons (Fsp3) is 0. The topological polar surface area (TPSA) is 80.0 Å². The fourth-order valence-corrected chi connectivity index (χ4v) is 13.8. The van der Waals surface area contributed by atoms with Crippen LogP contribution < -0.4 is 0 Å². The van der Waals surface area contributed by atoms with E-state index in [1.165, 1.54) is 0 Å². The van der Waals surface area contributed by atoms with Crippen LogP contribution in [0.5, 0.6) is 0 Å². The van der Waals surface area contributed by atoms with Crippen LogP contribution in [-0.4, -0.2) is 23.7 Å². The summed E-state index contributed by atoms with van der Waals surface area (Å²) >= 11 is 0. The van der Waals surface area contributed by atoms with Gasteiger partial charge in [-0.15, -0.1) is 0 Å². The number of furan rings is 3. The van der Waals surface area contributed by atoms with Gasteiger partial charge in [0.1, 0.15) is 33.5 Å². The molecular formula is C76H43N5O3. The quantitative estimate of drug-likeness (QED) is 0.166. The Labute approximate surface area is 477 Å². The van der Waals surface area contributed by atoms with Crippen LogP contribution in [0.4, 0.5) is 0 Å². The molecule has 8 heteroatoms. The number of nitrogens with zero attached hydrogens (tertiary/aromatic N) is 5.